The maximum absolute atomic E-state index is 12.8. The largest absolute Gasteiger partial charge is 0.467 e. The average molecular weight is 610 g/mol. The summed E-state index contributed by atoms with van der Waals surface area (Å²) in [5, 5.41) is 6.87. The molecule has 236 valence electrons. The molecule has 0 aliphatic carbocycles. The van der Waals surface area contributed by atoms with E-state index in [1.165, 1.54) is 7.11 Å². The first kappa shape index (κ1) is 34.6. The number of benzene rings is 1. The van der Waals surface area contributed by atoms with Crippen molar-refractivity contribution in [3.63, 3.8) is 0 Å². The Morgan fingerprint density at radius 3 is 2.05 bits per heavy atom. The second-order valence-corrected chi connectivity index (χ2v) is 9.24. The lowest BCUT2D eigenvalue weighted by atomic mass is 9.96. The SMILES string of the molecule is COC(=O)[C@H](Cc1ccccc1)NC(=O)CNC(=O)C(=O)N[C@H]1[C@@H](OC)O[C@H](COC(C)=O)[C@@H](OC(C)=O)[C@@H]1OC(C)=O. The average Bonchev–Trinajstić information content (AvgIpc) is 2.96. The number of carbonyl (C=O) groups excluding carboxylic acids is 7. The molecule has 0 spiro atoms. The third-order valence-electron chi connectivity index (χ3n) is 5.95. The van der Waals surface area contributed by atoms with Gasteiger partial charge >= 0.3 is 35.7 Å². The number of ether oxygens (including phenoxy) is 6. The molecule has 1 heterocycles. The summed E-state index contributed by atoms with van der Waals surface area (Å²) in [6, 6.07) is 6.36. The summed E-state index contributed by atoms with van der Waals surface area (Å²) in [6.07, 6.45) is -5.25. The molecule has 1 fully saturated rings. The molecule has 0 radical (unpaired) electrons. The number of nitrogens with one attached hydrogen (secondary N) is 3. The first-order chi connectivity index (χ1) is 20.4. The van der Waals surface area contributed by atoms with Crippen LogP contribution in [0.25, 0.3) is 0 Å². The van der Waals surface area contributed by atoms with Gasteiger partial charge in [-0.25, -0.2) is 4.79 Å². The van der Waals surface area contributed by atoms with Crippen LogP contribution < -0.4 is 16.0 Å². The van der Waals surface area contributed by atoms with E-state index in [1.54, 1.807) is 30.3 Å². The molecule has 1 aliphatic rings. The van der Waals surface area contributed by atoms with Crippen LogP contribution in [0, 0.1) is 0 Å². The zero-order valence-electron chi connectivity index (χ0n) is 24.3. The van der Waals surface area contributed by atoms with Crippen molar-refractivity contribution in [1.82, 2.24) is 16.0 Å². The third kappa shape index (κ3) is 11.0. The van der Waals surface area contributed by atoms with Crippen LogP contribution >= 0.6 is 0 Å². The van der Waals surface area contributed by atoms with Gasteiger partial charge in [0.2, 0.25) is 5.91 Å². The molecular formula is C27H35N3O13. The number of carbonyl (C=O) groups is 7. The van der Waals surface area contributed by atoms with Gasteiger partial charge in [-0.15, -0.1) is 0 Å². The van der Waals surface area contributed by atoms with Gasteiger partial charge in [0, 0.05) is 34.3 Å². The van der Waals surface area contributed by atoms with Crippen molar-refractivity contribution in [2.45, 2.75) is 63.9 Å². The van der Waals surface area contributed by atoms with Crippen molar-refractivity contribution in [2.24, 2.45) is 0 Å². The summed E-state index contributed by atoms with van der Waals surface area (Å²) < 4.78 is 31.3. The summed E-state index contributed by atoms with van der Waals surface area (Å²) in [4.78, 5) is 85.2. The molecule has 43 heavy (non-hydrogen) atoms. The van der Waals surface area contributed by atoms with Crippen molar-refractivity contribution in [1.29, 1.82) is 0 Å². The maximum atomic E-state index is 12.8. The topological polar surface area (TPSA) is 211 Å². The molecule has 1 saturated heterocycles. The van der Waals surface area contributed by atoms with Crippen molar-refractivity contribution < 1.29 is 62.0 Å². The fourth-order valence-electron chi connectivity index (χ4n) is 4.15. The Hall–Kier alpha value is -4.57. The fraction of sp³-hybridized carbons (Fsp3) is 0.519. The zero-order valence-corrected chi connectivity index (χ0v) is 24.3. The van der Waals surface area contributed by atoms with Gasteiger partial charge in [-0.3, -0.25) is 28.8 Å². The van der Waals surface area contributed by atoms with Gasteiger partial charge in [-0.05, 0) is 5.56 Å². The Morgan fingerprint density at radius 2 is 1.49 bits per heavy atom. The standard InChI is InChI=1S/C27H35N3O13/c1-14(31)40-13-19-22(41-15(2)32)23(42-16(3)33)21(27(39-5)43-19)30-25(36)24(35)28-12-20(34)29-18(26(37)38-4)11-17-9-7-6-8-10-17/h6-10,18-19,21-23,27H,11-13H2,1-5H3,(H,28,35)(H,29,34)(H,30,36)/t18-,19+,21+,22+,23+,27-/m0/s1. The van der Waals surface area contributed by atoms with Crippen LogP contribution in [0.4, 0.5) is 0 Å². The normalized spacial score (nSPS) is 21.7. The van der Waals surface area contributed by atoms with E-state index in [0.29, 0.717) is 0 Å². The van der Waals surface area contributed by atoms with Gasteiger partial charge in [-0.2, -0.15) is 0 Å². The molecule has 0 unspecified atom stereocenters. The molecule has 3 N–H and O–H groups in total. The molecule has 0 aromatic heterocycles. The smallest absolute Gasteiger partial charge is 0.328 e. The summed E-state index contributed by atoms with van der Waals surface area (Å²) >= 11 is 0. The number of hydrogen-bond donors (Lipinski definition) is 3. The first-order valence-electron chi connectivity index (χ1n) is 13.0. The number of rotatable bonds is 12. The molecule has 2 rings (SSSR count). The Bertz CT molecular complexity index is 1180. The molecule has 16 nitrogen and oxygen atoms in total. The molecule has 1 aromatic carbocycles. The van der Waals surface area contributed by atoms with E-state index in [9.17, 15) is 33.6 Å². The van der Waals surface area contributed by atoms with Gasteiger partial charge in [-0.1, -0.05) is 30.3 Å². The predicted octanol–water partition coefficient (Wildman–Crippen LogP) is -1.71. The predicted molar refractivity (Wildman–Crippen MR) is 142 cm³/mol. The van der Waals surface area contributed by atoms with Gasteiger partial charge < -0.3 is 44.4 Å². The highest BCUT2D eigenvalue weighted by Gasteiger charge is 2.51. The minimum atomic E-state index is -1.44. The number of methoxy groups -OCH3 is 2. The minimum Gasteiger partial charge on any atom is -0.467 e. The van der Waals surface area contributed by atoms with Gasteiger partial charge in [0.25, 0.3) is 0 Å². The van der Waals surface area contributed by atoms with Gasteiger partial charge in [0.1, 0.15) is 24.8 Å². The van der Waals surface area contributed by atoms with Crippen molar-refractivity contribution >= 4 is 41.6 Å². The van der Waals surface area contributed by atoms with E-state index in [4.69, 9.17) is 28.4 Å². The highest BCUT2D eigenvalue weighted by molar-refractivity contribution is 6.35. The second-order valence-electron chi connectivity index (χ2n) is 9.24. The molecular weight excluding hydrogens is 574 g/mol. The molecule has 6 atom stereocenters. The maximum Gasteiger partial charge on any atom is 0.328 e. The Morgan fingerprint density at radius 1 is 0.860 bits per heavy atom. The molecule has 0 bridgehead atoms. The third-order valence-corrected chi connectivity index (χ3v) is 5.95. The van der Waals surface area contributed by atoms with E-state index in [-0.39, 0.29) is 6.42 Å². The van der Waals surface area contributed by atoms with Crippen molar-refractivity contribution in [3.8, 4) is 0 Å². The Balaban J connectivity index is 2.12. The quantitative estimate of drug-likeness (QED) is 0.137. The molecule has 16 heteroatoms. The lowest BCUT2D eigenvalue weighted by Gasteiger charge is -2.44. The Labute approximate surface area is 247 Å². The van der Waals surface area contributed by atoms with Gasteiger partial charge in [0.15, 0.2) is 18.5 Å². The van der Waals surface area contributed by atoms with Crippen LogP contribution in [0.1, 0.15) is 26.3 Å². The van der Waals surface area contributed by atoms with Crippen LogP contribution in [-0.2, 0) is 68.4 Å². The lowest BCUT2D eigenvalue weighted by Crippen LogP contribution is -2.67. The van der Waals surface area contributed by atoms with Crippen LogP contribution in [-0.4, -0.2) is 106 Å². The fourth-order valence-corrected chi connectivity index (χ4v) is 4.15. The highest BCUT2D eigenvalue weighted by Crippen LogP contribution is 2.27. The first-order valence-corrected chi connectivity index (χ1v) is 13.0. The van der Waals surface area contributed by atoms with Crippen molar-refractivity contribution in [3.05, 3.63) is 35.9 Å². The zero-order chi connectivity index (χ0) is 32.1. The van der Waals surface area contributed by atoms with E-state index in [0.717, 1.165) is 33.4 Å². The summed E-state index contributed by atoms with van der Waals surface area (Å²) in [6.45, 7) is 2.18. The van der Waals surface area contributed by atoms with Crippen molar-refractivity contribution in [2.75, 3.05) is 27.4 Å². The van der Waals surface area contributed by atoms with E-state index < -0.39 is 91.4 Å². The monoisotopic (exact) mass is 609 g/mol. The Kier molecular flexibility index (Phi) is 13.5. The van der Waals surface area contributed by atoms with Crippen LogP contribution in [0.2, 0.25) is 0 Å². The van der Waals surface area contributed by atoms with Crippen LogP contribution in [0.15, 0.2) is 30.3 Å². The van der Waals surface area contributed by atoms with Gasteiger partial charge in [0.05, 0.1) is 13.7 Å². The molecule has 3 amide bonds. The summed E-state index contributed by atoms with van der Waals surface area (Å²) in [7, 11) is 2.36. The lowest BCUT2D eigenvalue weighted by molar-refractivity contribution is -0.271. The molecule has 1 aliphatic heterocycles. The highest BCUT2D eigenvalue weighted by atomic mass is 16.7. The van der Waals surface area contributed by atoms with Crippen LogP contribution in [0.5, 0.6) is 0 Å². The second kappa shape index (κ2) is 16.8. The van der Waals surface area contributed by atoms with E-state index in [1.807, 2.05) is 0 Å². The number of amides is 3. The molecule has 1 aromatic rings. The number of esters is 4. The minimum absolute atomic E-state index is 0.118. The summed E-state index contributed by atoms with van der Waals surface area (Å²) in [5.74, 6) is -6.36. The van der Waals surface area contributed by atoms with Crippen LogP contribution in [0.3, 0.4) is 0 Å². The molecule has 0 saturated carbocycles. The van der Waals surface area contributed by atoms with E-state index >= 15 is 0 Å². The van der Waals surface area contributed by atoms with E-state index in [2.05, 4.69) is 16.0 Å². The summed E-state index contributed by atoms with van der Waals surface area (Å²) in [5.41, 5.74) is 0.744. The number of hydrogen-bond acceptors (Lipinski definition) is 13.